The standard InChI is InChI=1S/C22H24N6O/c23-21-19-20(17-10-4-5-11-18(17)27-21)28(15-26-19)13-7-6-12-24-22(29)25-14-16-8-2-1-3-9-16/h1-5,8-11,15H,6-7,12-14H2,(H2,23,27)(H2,24,25,29). The molecule has 29 heavy (non-hydrogen) atoms. The van der Waals surface area contributed by atoms with Gasteiger partial charge in [0.05, 0.1) is 17.4 Å². The molecular weight excluding hydrogens is 364 g/mol. The highest BCUT2D eigenvalue weighted by Gasteiger charge is 2.11. The summed E-state index contributed by atoms with van der Waals surface area (Å²) in [5.41, 5.74) is 9.78. The highest BCUT2D eigenvalue weighted by atomic mass is 16.2. The van der Waals surface area contributed by atoms with Crippen LogP contribution in [0.1, 0.15) is 18.4 Å². The molecule has 2 amide bonds. The van der Waals surface area contributed by atoms with Crippen molar-refractivity contribution < 1.29 is 4.79 Å². The molecule has 7 heteroatoms. The molecule has 0 saturated heterocycles. The van der Waals surface area contributed by atoms with Crippen LogP contribution < -0.4 is 16.4 Å². The van der Waals surface area contributed by atoms with E-state index in [4.69, 9.17) is 5.73 Å². The summed E-state index contributed by atoms with van der Waals surface area (Å²) in [6.07, 6.45) is 3.60. The fourth-order valence-electron chi connectivity index (χ4n) is 3.43. The number of anilines is 1. The quantitative estimate of drug-likeness (QED) is 0.422. The van der Waals surface area contributed by atoms with Crippen LogP contribution in [0.4, 0.5) is 10.6 Å². The molecule has 0 spiro atoms. The molecule has 2 aromatic heterocycles. The number of carbonyl (C=O) groups is 1. The van der Waals surface area contributed by atoms with Gasteiger partial charge in [0, 0.05) is 25.0 Å². The number of para-hydroxylation sites is 1. The largest absolute Gasteiger partial charge is 0.382 e. The minimum absolute atomic E-state index is 0.147. The SMILES string of the molecule is Nc1nc2ccccc2c2c1ncn2CCCCNC(=O)NCc1ccccc1. The van der Waals surface area contributed by atoms with Gasteiger partial charge in [-0.15, -0.1) is 0 Å². The molecule has 0 atom stereocenters. The maximum atomic E-state index is 11.9. The summed E-state index contributed by atoms with van der Waals surface area (Å²) >= 11 is 0. The molecule has 148 valence electrons. The lowest BCUT2D eigenvalue weighted by Crippen LogP contribution is -2.35. The number of rotatable bonds is 7. The summed E-state index contributed by atoms with van der Waals surface area (Å²) in [7, 11) is 0. The number of hydrogen-bond donors (Lipinski definition) is 3. The monoisotopic (exact) mass is 388 g/mol. The van der Waals surface area contributed by atoms with Crippen molar-refractivity contribution in [2.24, 2.45) is 0 Å². The van der Waals surface area contributed by atoms with Gasteiger partial charge in [0.1, 0.15) is 5.52 Å². The van der Waals surface area contributed by atoms with Crippen LogP contribution in [0.2, 0.25) is 0 Å². The molecule has 2 aromatic carbocycles. The molecule has 0 aliphatic carbocycles. The molecule has 4 aromatic rings. The van der Waals surface area contributed by atoms with E-state index in [1.54, 1.807) is 0 Å². The summed E-state index contributed by atoms with van der Waals surface area (Å²) < 4.78 is 2.12. The van der Waals surface area contributed by atoms with Gasteiger partial charge in [0.15, 0.2) is 5.82 Å². The zero-order valence-corrected chi connectivity index (χ0v) is 16.1. The number of nitrogens with one attached hydrogen (secondary N) is 2. The first kappa shape index (κ1) is 18.7. The minimum atomic E-state index is -0.147. The second kappa shape index (κ2) is 8.60. The molecule has 0 bridgehead atoms. The van der Waals surface area contributed by atoms with Crippen LogP contribution in [-0.4, -0.2) is 27.1 Å². The molecule has 7 nitrogen and oxygen atoms in total. The van der Waals surface area contributed by atoms with E-state index in [1.807, 2.05) is 60.9 Å². The molecule has 2 heterocycles. The van der Waals surface area contributed by atoms with Gasteiger partial charge in [-0.1, -0.05) is 48.5 Å². The Kier molecular flexibility index (Phi) is 5.56. The number of amides is 2. The topological polar surface area (TPSA) is 97.9 Å². The highest BCUT2D eigenvalue weighted by molar-refractivity contribution is 6.06. The van der Waals surface area contributed by atoms with Crippen LogP contribution >= 0.6 is 0 Å². The van der Waals surface area contributed by atoms with Gasteiger partial charge in [0.25, 0.3) is 0 Å². The van der Waals surface area contributed by atoms with Gasteiger partial charge in [0.2, 0.25) is 0 Å². The second-order valence-corrected chi connectivity index (χ2v) is 6.95. The number of carbonyl (C=O) groups excluding carboxylic acids is 1. The molecule has 0 aliphatic rings. The lowest BCUT2D eigenvalue weighted by molar-refractivity contribution is 0.240. The zero-order chi connectivity index (χ0) is 20.1. The van der Waals surface area contributed by atoms with Crippen molar-refractivity contribution in [1.82, 2.24) is 25.2 Å². The Hall–Kier alpha value is -3.61. The highest BCUT2D eigenvalue weighted by Crippen LogP contribution is 2.27. The van der Waals surface area contributed by atoms with E-state index in [2.05, 4.69) is 25.2 Å². The van der Waals surface area contributed by atoms with Crippen molar-refractivity contribution in [2.45, 2.75) is 25.9 Å². The Morgan fingerprint density at radius 1 is 1.00 bits per heavy atom. The van der Waals surface area contributed by atoms with E-state index >= 15 is 0 Å². The van der Waals surface area contributed by atoms with Crippen LogP contribution in [0.15, 0.2) is 60.9 Å². The maximum Gasteiger partial charge on any atom is 0.315 e. The third kappa shape index (κ3) is 4.29. The Labute approximate surface area is 169 Å². The van der Waals surface area contributed by atoms with Gasteiger partial charge in [-0.3, -0.25) is 0 Å². The van der Waals surface area contributed by atoms with Gasteiger partial charge in [-0.2, -0.15) is 0 Å². The maximum absolute atomic E-state index is 11.9. The molecule has 4 N–H and O–H groups in total. The number of urea groups is 1. The van der Waals surface area contributed by atoms with Crippen molar-refractivity contribution in [3.63, 3.8) is 0 Å². The van der Waals surface area contributed by atoms with E-state index in [0.717, 1.165) is 46.9 Å². The number of imidazole rings is 1. The number of pyridine rings is 1. The lowest BCUT2D eigenvalue weighted by Gasteiger charge is -2.09. The summed E-state index contributed by atoms with van der Waals surface area (Å²) in [5, 5.41) is 6.82. The van der Waals surface area contributed by atoms with Crippen LogP contribution in [-0.2, 0) is 13.1 Å². The normalized spacial score (nSPS) is 11.0. The number of nitrogens with two attached hydrogens (primary N) is 1. The second-order valence-electron chi connectivity index (χ2n) is 6.95. The van der Waals surface area contributed by atoms with Crippen molar-refractivity contribution in [3.8, 4) is 0 Å². The molecule has 4 rings (SSSR count). The average Bonchev–Trinajstić information content (AvgIpc) is 3.18. The van der Waals surface area contributed by atoms with Crippen molar-refractivity contribution in [3.05, 3.63) is 66.5 Å². The smallest absolute Gasteiger partial charge is 0.315 e. The third-order valence-electron chi connectivity index (χ3n) is 4.89. The van der Waals surface area contributed by atoms with Gasteiger partial charge >= 0.3 is 6.03 Å². The lowest BCUT2D eigenvalue weighted by atomic mass is 10.2. The molecule has 0 aliphatic heterocycles. The van der Waals surface area contributed by atoms with Crippen LogP contribution in [0.5, 0.6) is 0 Å². The first-order valence-electron chi connectivity index (χ1n) is 9.77. The number of hydrogen-bond acceptors (Lipinski definition) is 4. The summed E-state index contributed by atoms with van der Waals surface area (Å²) in [5.74, 6) is 0.453. The summed E-state index contributed by atoms with van der Waals surface area (Å²) in [4.78, 5) is 20.8. The number of nitrogens with zero attached hydrogens (tertiary/aromatic N) is 3. The number of aryl methyl sites for hydroxylation is 1. The third-order valence-corrected chi connectivity index (χ3v) is 4.89. The summed E-state index contributed by atoms with van der Waals surface area (Å²) in [6, 6.07) is 17.7. The summed E-state index contributed by atoms with van der Waals surface area (Å²) in [6.45, 7) is 1.95. The van der Waals surface area contributed by atoms with E-state index in [0.29, 0.717) is 18.9 Å². The minimum Gasteiger partial charge on any atom is -0.382 e. The van der Waals surface area contributed by atoms with Crippen LogP contribution in [0, 0.1) is 0 Å². The van der Waals surface area contributed by atoms with Crippen LogP contribution in [0.25, 0.3) is 21.9 Å². The Morgan fingerprint density at radius 3 is 2.66 bits per heavy atom. The van der Waals surface area contributed by atoms with Crippen molar-refractivity contribution in [2.75, 3.05) is 12.3 Å². The fourth-order valence-corrected chi connectivity index (χ4v) is 3.43. The number of unbranched alkanes of at least 4 members (excludes halogenated alkanes) is 1. The Morgan fingerprint density at radius 2 is 1.79 bits per heavy atom. The van der Waals surface area contributed by atoms with Crippen molar-refractivity contribution >= 4 is 33.8 Å². The first-order chi connectivity index (χ1) is 14.2. The fraction of sp³-hybridized carbons (Fsp3) is 0.227. The Balaban J connectivity index is 1.29. The predicted molar refractivity (Wildman–Crippen MR) is 115 cm³/mol. The molecular formula is C22H24N6O. The number of aromatic nitrogens is 3. The van der Waals surface area contributed by atoms with E-state index < -0.39 is 0 Å². The van der Waals surface area contributed by atoms with Gasteiger partial charge < -0.3 is 20.9 Å². The Bertz CT molecular complexity index is 1120. The zero-order valence-electron chi connectivity index (χ0n) is 16.1. The number of fused-ring (bicyclic) bond motifs is 3. The van der Waals surface area contributed by atoms with E-state index in [9.17, 15) is 4.79 Å². The molecule has 0 fully saturated rings. The van der Waals surface area contributed by atoms with E-state index in [1.165, 1.54) is 0 Å². The van der Waals surface area contributed by atoms with E-state index in [-0.39, 0.29) is 6.03 Å². The number of nitrogen functional groups attached to an aromatic ring is 1. The molecule has 0 saturated carbocycles. The van der Waals surface area contributed by atoms with Crippen LogP contribution in [0.3, 0.4) is 0 Å². The average molecular weight is 388 g/mol. The number of benzene rings is 2. The first-order valence-corrected chi connectivity index (χ1v) is 9.77. The molecule has 0 unspecified atom stereocenters. The van der Waals surface area contributed by atoms with Crippen molar-refractivity contribution in [1.29, 1.82) is 0 Å². The van der Waals surface area contributed by atoms with Gasteiger partial charge in [-0.05, 0) is 24.5 Å². The molecule has 0 radical (unpaired) electrons. The van der Waals surface area contributed by atoms with Gasteiger partial charge in [-0.25, -0.2) is 14.8 Å². The predicted octanol–water partition coefficient (Wildman–Crippen LogP) is 3.45.